The van der Waals surface area contributed by atoms with Crippen LogP contribution in [0.1, 0.15) is 44.1 Å². The maximum Gasteiger partial charge on any atom is 0.313 e. The van der Waals surface area contributed by atoms with Crippen LogP contribution in [-0.4, -0.2) is 12.5 Å². The molecule has 3 nitrogen and oxygen atoms in total. The molecule has 0 atom stereocenters. The molecule has 0 saturated heterocycles. The van der Waals surface area contributed by atoms with Crippen molar-refractivity contribution in [2.45, 2.75) is 45.1 Å². The number of esters is 1. The zero-order chi connectivity index (χ0) is 14.4. The maximum atomic E-state index is 12.4. The second kappa shape index (κ2) is 7.23. The van der Waals surface area contributed by atoms with Crippen LogP contribution in [0.5, 0.6) is 0 Å². The second-order valence-corrected chi connectivity index (χ2v) is 6.52. The van der Waals surface area contributed by atoms with Crippen LogP contribution in [0.25, 0.3) is 0 Å². The van der Waals surface area contributed by atoms with E-state index in [0.717, 1.165) is 35.7 Å². The Kier molecular flexibility index (Phi) is 5.61. The summed E-state index contributed by atoms with van der Waals surface area (Å²) in [6.07, 6.45) is 6.26. The lowest BCUT2D eigenvalue weighted by Gasteiger charge is -2.28. The molecule has 4 heteroatoms. The van der Waals surface area contributed by atoms with Gasteiger partial charge in [0, 0.05) is 11.0 Å². The fraction of sp³-hybridized carbons (Fsp3) is 0.562. The zero-order valence-corrected chi connectivity index (χ0v) is 13.3. The average Bonchev–Trinajstić information content (AvgIpc) is 2.71. The minimum Gasteiger partial charge on any atom is -0.460 e. The van der Waals surface area contributed by atoms with E-state index in [1.54, 1.807) is 0 Å². The largest absolute Gasteiger partial charge is 0.460 e. The number of rotatable bonds is 4. The fourth-order valence-electron chi connectivity index (χ4n) is 2.83. The van der Waals surface area contributed by atoms with Crippen molar-refractivity contribution in [1.82, 2.24) is 0 Å². The van der Waals surface area contributed by atoms with Gasteiger partial charge < -0.3 is 10.5 Å². The Labute approximate surface area is 129 Å². The number of ether oxygens (including phenoxy) is 1. The molecule has 1 aromatic carbocycles. The molecule has 0 unspecified atom stereocenters. The molecule has 2 N–H and O–H groups in total. The third kappa shape index (κ3) is 3.83. The molecule has 0 spiro atoms. The van der Waals surface area contributed by atoms with Crippen molar-refractivity contribution in [1.29, 1.82) is 0 Å². The van der Waals surface area contributed by atoms with Crippen LogP contribution in [-0.2, 0) is 16.1 Å². The summed E-state index contributed by atoms with van der Waals surface area (Å²) in [4.78, 5) is 12.4. The Hall–Kier alpha value is -0.870. The van der Waals surface area contributed by atoms with Gasteiger partial charge in [-0.05, 0) is 30.5 Å². The predicted octanol–water partition coefficient (Wildman–Crippen LogP) is 3.79. The number of hydrogen-bond acceptors (Lipinski definition) is 3. The first-order valence-corrected chi connectivity index (χ1v) is 8.07. The highest BCUT2D eigenvalue weighted by atomic mass is 79.9. The number of carbonyl (C=O) groups excluding carboxylic acids is 1. The van der Waals surface area contributed by atoms with E-state index in [1.165, 1.54) is 12.8 Å². The van der Waals surface area contributed by atoms with Gasteiger partial charge in [-0.25, -0.2) is 0 Å². The molecule has 0 aliphatic heterocycles. The Morgan fingerprint density at radius 3 is 2.55 bits per heavy atom. The van der Waals surface area contributed by atoms with Crippen molar-refractivity contribution in [3.8, 4) is 0 Å². The molecule has 20 heavy (non-hydrogen) atoms. The van der Waals surface area contributed by atoms with Crippen molar-refractivity contribution >= 4 is 21.9 Å². The van der Waals surface area contributed by atoms with E-state index in [1.807, 2.05) is 24.3 Å². The molecule has 1 aromatic rings. The van der Waals surface area contributed by atoms with E-state index < -0.39 is 5.41 Å². The quantitative estimate of drug-likeness (QED) is 0.670. The van der Waals surface area contributed by atoms with Gasteiger partial charge in [0.1, 0.15) is 6.61 Å². The molecular formula is C16H22BrNO2. The molecule has 1 aliphatic carbocycles. The number of benzene rings is 1. The Morgan fingerprint density at radius 2 is 1.95 bits per heavy atom. The van der Waals surface area contributed by atoms with E-state index in [9.17, 15) is 4.79 Å². The van der Waals surface area contributed by atoms with Gasteiger partial charge in [0.05, 0.1) is 5.41 Å². The normalized spacial score (nSPS) is 18.3. The predicted molar refractivity (Wildman–Crippen MR) is 83.1 cm³/mol. The number of hydrogen-bond donors (Lipinski definition) is 1. The first-order chi connectivity index (χ1) is 9.66. The third-order valence-electron chi connectivity index (χ3n) is 4.14. The molecule has 0 bridgehead atoms. The van der Waals surface area contributed by atoms with Crippen molar-refractivity contribution in [2.75, 3.05) is 6.54 Å². The minimum atomic E-state index is -0.456. The van der Waals surface area contributed by atoms with Crippen LogP contribution in [0, 0.1) is 5.41 Å². The molecule has 1 fully saturated rings. The van der Waals surface area contributed by atoms with Crippen molar-refractivity contribution in [2.24, 2.45) is 11.1 Å². The highest BCUT2D eigenvalue weighted by Crippen LogP contribution is 2.35. The van der Waals surface area contributed by atoms with Crippen LogP contribution in [0.2, 0.25) is 0 Å². The molecule has 110 valence electrons. The van der Waals surface area contributed by atoms with E-state index in [2.05, 4.69) is 15.9 Å². The topological polar surface area (TPSA) is 52.3 Å². The van der Waals surface area contributed by atoms with Gasteiger partial charge in [0.2, 0.25) is 0 Å². The summed E-state index contributed by atoms with van der Waals surface area (Å²) < 4.78 is 6.53. The fourth-order valence-corrected chi connectivity index (χ4v) is 3.27. The minimum absolute atomic E-state index is 0.123. The first kappa shape index (κ1) is 15.5. The van der Waals surface area contributed by atoms with Crippen LogP contribution in [0.15, 0.2) is 28.7 Å². The van der Waals surface area contributed by atoms with Gasteiger partial charge in [0.25, 0.3) is 0 Å². The Morgan fingerprint density at radius 1 is 1.25 bits per heavy atom. The SMILES string of the molecule is NCC1(C(=O)OCc2cccc(Br)c2)CCCCCC1. The van der Waals surface area contributed by atoms with Crippen LogP contribution in [0.4, 0.5) is 0 Å². The zero-order valence-electron chi connectivity index (χ0n) is 11.7. The van der Waals surface area contributed by atoms with E-state index >= 15 is 0 Å². The monoisotopic (exact) mass is 339 g/mol. The molecule has 0 amide bonds. The summed E-state index contributed by atoms with van der Waals surface area (Å²) in [6.45, 7) is 0.713. The van der Waals surface area contributed by atoms with Crippen molar-refractivity contribution in [3.05, 3.63) is 34.3 Å². The van der Waals surface area contributed by atoms with E-state index in [-0.39, 0.29) is 5.97 Å². The summed E-state index contributed by atoms with van der Waals surface area (Å²) in [7, 11) is 0. The van der Waals surface area contributed by atoms with Crippen LogP contribution in [0.3, 0.4) is 0 Å². The molecule has 0 radical (unpaired) electrons. The van der Waals surface area contributed by atoms with Gasteiger partial charge in [0.15, 0.2) is 0 Å². The van der Waals surface area contributed by atoms with Gasteiger partial charge in [-0.3, -0.25) is 4.79 Å². The highest BCUT2D eigenvalue weighted by molar-refractivity contribution is 9.10. The molecule has 1 saturated carbocycles. The summed E-state index contributed by atoms with van der Waals surface area (Å²) in [5.74, 6) is -0.123. The van der Waals surface area contributed by atoms with E-state index in [0.29, 0.717) is 13.2 Å². The standard InChI is InChI=1S/C16H22BrNO2/c17-14-7-5-6-13(10-14)11-20-15(19)16(12-18)8-3-1-2-4-9-16/h5-7,10H,1-4,8-9,11-12,18H2. The average molecular weight is 340 g/mol. The van der Waals surface area contributed by atoms with Gasteiger partial charge in [-0.1, -0.05) is 53.7 Å². The third-order valence-corrected chi connectivity index (χ3v) is 4.64. The maximum absolute atomic E-state index is 12.4. The van der Waals surface area contributed by atoms with Crippen LogP contribution < -0.4 is 5.73 Å². The van der Waals surface area contributed by atoms with Crippen molar-refractivity contribution < 1.29 is 9.53 Å². The highest BCUT2D eigenvalue weighted by Gasteiger charge is 2.38. The lowest BCUT2D eigenvalue weighted by atomic mass is 9.80. The van der Waals surface area contributed by atoms with Gasteiger partial charge in [-0.15, -0.1) is 0 Å². The lowest BCUT2D eigenvalue weighted by molar-refractivity contribution is -0.157. The summed E-state index contributed by atoms with van der Waals surface area (Å²) in [5.41, 5.74) is 6.43. The van der Waals surface area contributed by atoms with Crippen molar-refractivity contribution in [3.63, 3.8) is 0 Å². The van der Waals surface area contributed by atoms with Gasteiger partial charge >= 0.3 is 5.97 Å². The molecule has 0 heterocycles. The molecule has 1 aliphatic rings. The summed E-state index contributed by atoms with van der Waals surface area (Å²) in [6, 6.07) is 7.82. The lowest BCUT2D eigenvalue weighted by Crippen LogP contribution is -2.39. The number of carbonyl (C=O) groups is 1. The molecule has 0 aromatic heterocycles. The Balaban J connectivity index is 1.98. The number of halogens is 1. The smallest absolute Gasteiger partial charge is 0.313 e. The summed E-state index contributed by atoms with van der Waals surface area (Å²) in [5, 5.41) is 0. The Bertz CT molecular complexity index is 454. The van der Waals surface area contributed by atoms with Crippen LogP contribution >= 0.6 is 15.9 Å². The molecular weight excluding hydrogens is 318 g/mol. The number of nitrogens with two attached hydrogens (primary N) is 1. The summed E-state index contributed by atoms with van der Waals surface area (Å²) >= 11 is 3.42. The van der Waals surface area contributed by atoms with Gasteiger partial charge in [-0.2, -0.15) is 0 Å². The molecule has 2 rings (SSSR count). The first-order valence-electron chi connectivity index (χ1n) is 7.28. The second-order valence-electron chi connectivity index (χ2n) is 5.60. The van der Waals surface area contributed by atoms with E-state index in [4.69, 9.17) is 10.5 Å².